The van der Waals surface area contributed by atoms with E-state index in [0.717, 1.165) is 34.0 Å². The van der Waals surface area contributed by atoms with Gasteiger partial charge in [0.15, 0.2) is 0 Å². The maximum atomic E-state index is 13.2. The molecule has 0 atom stereocenters. The fourth-order valence-electron chi connectivity index (χ4n) is 4.24. The van der Waals surface area contributed by atoms with Gasteiger partial charge in [-0.05, 0) is 74.2 Å². The van der Waals surface area contributed by atoms with Crippen LogP contribution in [0.1, 0.15) is 35.0 Å². The molecule has 2 aromatic carbocycles. The fraction of sp³-hybridized carbons (Fsp3) is 0.192. The van der Waals surface area contributed by atoms with Crippen LogP contribution < -0.4 is 10.2 Å². The van der Waals surface area contributed by atoms with E-state index in [4.69, 9.17) is 0 Å². The van der Waals surface area contributed by atoms with E-state index in [2.05, 4.69) is 5.32 Å². The molecule has 2 heterocycles. The number of nitro groups is 1. The van der Waals surface area contributed by atoms with Crippen molar-refractivity contribution in [1.82, 2.24) is 9.88 Å². The van der Waals surface area contributed by atoms with E-state index in [1.165, 1.54) is 18.2 Å². The molecule has 4 amide bonds. The number of nitro benzene ring substituents is 1. The number of aryl methyl sites for hydroxylation is 3. The van der Waals surface area contributed by atoms with Crippen LogP contribution in [0.5, 0.6) is 0 Å². The van der Waals surface area contributed by atoms with Crippen LogP contribution >= 0.6 is 0 Å². The molecule has 1 aliphatic heterocycles. The SMILES string of the molecule is CCc1ccc(N2C(=O)NC(=O)/C(=C/c3cc(C)n(-c4ccc([N+](=O)[O-])cc4C)c3C)C2=O)cc1. The van der Waals surface area contributed by atoms with Crippen molar-refractivity contribution in [2.45, 2.75) is 34.1 Å². The molecule has 1 saturated heterocycles. The van der Waals surface area contributed by atoms with Gasteiger partial charge in [-0.3, -0.25) is 25.0 Å². The Morgan fingerprint density at radius 1 is 1.00 bits per heavy atom. The third kappa shape index (κ3) is 4.23. The first-order chi connectivity index (χ1) is 16.6. The Morgan fingerprint density at radius 2 is 1.69 bits per heavy atom. The number of carbonyl (C=O) groups excluding carboxylic acids is 3. The first-order valence-electron chi connectivity index (χ1n) is 11.1. The number of carbonyl (C=O) groups is 3. The van der Waals surface area contributed by atoms with Crippen molar-refractivity contribution in [1.29, 1.82) is 0 Å². The first kappa shape index (κ1) is 23.6. The number of aromatic nitrogens is 1. The quantitative estimate of drug-likeness (QED) is 0.253. The third-order valence-electron chi connectivity index (χ3n) is 6.11. The lowest BCUT2D eigenvalue weighted by Gasteiger charge is -2.26. The van der Waals surface area contributed by atoms with Gasteiger partial charge in [0.05, 0.1) is 10.6 Å². The molecule has 1 aromatic heterocycles. The van der Waals surface area contributed by atoms with Crippen LogP contribution in [0.15, 0.2) is 54.1 Å². The minimum atomic E-state index is -0.798. The molecular weight excluding hydrogens is 448 g/mol. The van der Waals surface area contributed by atoms with Crippen molar-refractivity contribution in [3.63, 3.8) is 0 Å². The van der Waals surface area contributed by atoms with Gasteiger partial charge in [-0.15, -0.1) is 0 Å². The summed E-state index contributed by atoms with van der Waals surface area (Å²) in [6, 6.07) is 12.6. The molecule has 1 aliphatic rings. The molecule has 35 heavy (non-hydrogen) atoms. The highest BCUT2D eigenvalue weighted by molar-refractivity contribution is 6.39. The van der Waals surface area contributed by atoms with Gasteiger partial charge in [-0.2, -0.15) is 0 Å². The molecule has 1 N–H and O–H groups in total. The summed E-state index contributed by atoms with van der Waals surface area (Å²) in [6.45, 7) is 7.48. The summed E-state index contributed by atoms with van der Waals surface area (Å²) in [5.74, 6) is -1.47. The number of nitrogens with zero attached hydrogens (tertiary/aromatic N) is 3. The normalized spacial score (nSPS) is 15.0. The average Bonchev–Trinajstić information content (AvgIpc) is 3.09. The lowest BCUT2D eigenvalue weighted by Crippen LogP contribution is -2.54. The minimum Gasteiger partial charge on any atom is -0.318 e. The van der Waals surface area contributed by atoms with E-state index in [0.29, 0.717) is 16.8 Å². The second-order valence-electron chi connectivity index (χ2n) is 8.37. The number of hydrogen-bond donors (Lipinski definition) is 1. The van der Waals surface area contributed by atoms with Gasteiger partial charge in [0.25, 0.3) is 17.5 Å². The number of urea groups is 1. The standard InChI is InChI=1S/C26H24N4O5/c1-5-18-6-8-20(9-7-18)29-25(32)22(24(31)27-26(29)33)14-19-13-16(3)28(17(19)4)23-11-10-21(30(34)35)12-15(23)2/h6-14H,5H2,1-4H3,(H,27,31,33)/b22-14-. The van der Waals surface area contributed by atoms with Gasteiger partial charge in [-0.1, -0.05) is 19.1 Å². The maximum absolute atomic E-state index is 13.2. The van der Waals surface area contributed by atoms with E-state index in [9.17, 15) is 24.5 Å². The van der Waals surface area contributed by atoms with E-state index in [1.807, 2.05) is 43.5 Å². The second kappa shape index (κ2) is 9.02. The fourth-order valence-corrected chi connectivity index (χ4v) is 4.24. The summed E-state index contributed by atoms with van der Waals surface area (Å²) in [6.07, 6.45) is 2.28. The molecule has 178 valence electrons. The number of imide groups is 2. The number of anilines is 1. The highest BCUT2D eigenvalue weighted by Crippen LogP contribution is 2.28. The highest BCUT2D eigenvalue weighted by atomic mass is 16.6. The number of hydrogen-bond acceptors (Lipinski definition) is 5. The molecule has 9 heteroatoms. The Morgan fingerprint density at radius 3 is 2.29 bits per heavy atom. The molecular formula is C26H24N4O5. The Balaban J connectivity index is 1.74. The zero-order chi connectivity index (χ0) is 25.4. The first-order valence-corrected chi connectivity index (χ1v) is 11.1. The Hall–Kier alpha value is -4.53. The summed E-state index contributed by atoms with van der Waals surface area (Å²) in [7, 11) is 0. The van der Waals surface area contributed by atoms with Gasteiger partial charge >= 0.3 is 6.03 Å². The van der Waals surface area contributed by atoms with Crippen LogP contribution in [0, 0.1) is 30.9 Å². The van der Waals surface area contributed by atoms with E-state index in [-0.39, 0.29) is 11.3 Å². The summed E-state index contributed by atoms with van der Waals surface area (Å²) in [5, 5.41) is 13.3. The van der Waals surface area contributed by atoms with Gasteiger partial charge < -0.3 is 4.57 Å². The highest BCUT2D eigenvalue weighted by Gasteiger charge is 2.37. The van der Waals surface area contributed by atoms with Gasteiger partial charge in [0.1, 0.15) is 5.57 Å². The molecule has 0 radical (unpaired) electrons. The van der Waals surface area contributed by atoms with E-state index < -0.39 is 22.8 Å². The molecule has 3 aromatic rings. The molecule has 0 saturated carbocycles. The third-order valence-corrected chi connectivity index (χ3v) is 6.11. The van der Waals surface area contributed by atoms with Crippen LogP contribution in [-0.2, 0) is 16.0 Å². The summed E-state index contributed by atoms with van der Waals surface area (Å²) in [5.41, 5.74) is 4.90. The number of non-ortho nitro benzene ring substituents is 1. The Labute approximate surface area is 201 Å². The molecule has 0 unspecified atom stereocenters. The van der Waals surface area contributed by atoms with Gasteiger partial charge in [0, 0.05) is 29.2 Å². The summed E-state index contributed by atoms with van der Waals surface area (Å²) < 4.78 is 1.91. The number of rotatable bonds is 5. The van der Waals surface area contributed by atoms with Crippen LogP contribution in [0.25, 0.3) is 11.8 Å². The van der Waals surface area contributed by atoms with Crippen LogP contribution in [0.4, 0.5) is 16.2 Å². The molecule has 1 fully saturated rings. The minimum absolute atomic E-state index is 0.00254. The lowest BCUT2D eigenvalue weighted by atomic mass is 10.1. The van der Waals surface area contributed by atoms with E-state index in [1.54, 1.807) is 25.1 Å². The second-order valence-corrected chi connectivity index (χ2v) is 8.37. The summed E-state index contributed by atoms with van der Waals surface area (Å²) >= 11 is 0. The van der Waals surface area contributed by atoms with Crippen LogP contribution in [0.2, 0.25) is 0 Å². The van der Waals surface area contributed by atoms with Gasteiger partial charge in [0.2, 0.25) is 0 Å². The zero-order valence-corrected chi connectivity index (χ0v) is 19.8. The van der Waals surface area contributed by atoms with Crippen molar-refractivity contribution < 1.29 is 19.3 Å². The van der Waals surface area contributed by atoms with Crippen LogP contribution in [0.3, 0.4) is 0 Å². The zero-order valence-electron chi connectivity index (χ0n) is 19.8. The van der Waals surface area contributed by atoms with Crippen molar-refractivity contribution in [2.75, 3.05) is 4.90 Å². The summed E-state index contributed by atoms with van der Waals surface area (Å²) in [4.78, 5) is 49.9. The Bertz CT molecular complexity index is 1420. The monoisotopic (exact) mass is 472 g/mol. The maximum Gasteiger partial charge on any atom is 0.335 e. The number of benzene rings is 2. The molecule has 0 aliphatic carbocycles. The number of amides is 4. The average molecular weight is 473 g/mol. The molecule has 9 nitrogen and oxygen atoms in total. The molecule has 0 bridgehead atoms. The lowest BCUT2D eigenvalue weighted by molar-refractivity contribution is -0.384. The van der Waals surface area contributed by atoms with Crippen molar-refractivity contribution in [3.05, 3.63) is 92.3 Å². The predicted octanol–water partition coefficient (Wildman–Crippen LogP) is 4.54. The molecule has 0 spiro atoms. The largest absolute Gasteiger partial charge is 0.335 e. The smallest absolute Gasteiger partial charge is 0.318 e. The van der Waals surface area contributed by atoms with Crippen molar-refractivity contribution in [2.24, 2.45) is 0 Å². The van der Waals surface area contributed by atoms with Gasteiger partial charge in [-0.25, -0.2) is 9.69 Å². The Kier molecular flexibility index (Phi) is 6.09. The van der Waals surface area contributed by atoms with E-state index >= 15 is 0 Å². The molecule has 4 rings (SSSR count). The van der Waals surface area contributed by atoms with Crippen molar-refractivity contribution >= 4 is 35.3 Å². The van der Waals surface area contributed by atoms with Crippen molar-refractivity contribution in [3.8, 4) is 5.69 Å². The number of nitrogens with one attached hydrogen (secondary N) is 1. The number of barbiturate groups is 1. The predicted molar refractivity (Wildman–Crippen MR) is 131 cm³/mol. The topological polar surface area (TPSA) is 115 Å². The van der Waals surface area contributed by atoms with Crippen LogP contribution in [-0.4, -0.2) is 27.3 Å².